The number of hydrogen-bond donors (Lipinski definition) is 2. The Labute approximate surface area is 228 Å². The maximum Gasteiger partial charge on any atom is 0.490 e. The lowest BCUT2D eigenvalue weighted by atomic mass is 9.76. The van der Waals surface area contributed by atoms with Gasteiger partial charge in [-0.05, 0) is 64.5 Å². The number of carbonyl (C=O) groups excluding carboxylic acids is 1. The molecule has 0 saturated carbocycles. The molecule has 1 aromatic heterocycles. The molecule has 2 N–H and O–H groups in total. The monoisotopic (exact) mass is 587 g/mol. The van der Waals surface area contributed by atoms with Crippen molar-refractivity contribution in [1.29, 1.82) is 0 Å². The lowest BCUT2D eigenvalue weighted by Gasteiger charge is -2.39. The molecular weight excluding hydrogens is 552 g/mol. The van der Waals surface area contributed by atoms with E-state index in [9.17, 15) is 31.1 Å². The molecule has 2 aliphatic rings. The van der Waals surface area contributed by atoms with Crippen LogP contribution in [-0.4, -0.2) is 101 Å². The van der Waals surface area contributed by atoms with E-state index in [2.05, 4.69) is 23.7 Å². The molecule has 9 nitrogen and oxygen atoms in total. The second-order valence-corrected chi connectivity index (χ2v) is 10.1. The standard InChI is InChI=1S/C21H33N3O2.2C2HF3O2/c1-15(2)24-14-21(12-19(24)13-26-5)6-8-23(9-7-21)20(25)18-10-16(3)22-17(4)11-18;2*3-2(4,5)1(6)7/h10-11,15,19H,6-9,12-14H2,1-5H3;2*(H,6,7). The zero-order valence-electron chi connectivity index (χ0n) is 22.9. The van der Waals surface area contributed by atoms with Crippen LogP contribution in [0.3, 0.4) is 0 Å². The van der Waals surface area contributed by atoms with Gasteiger partial charge < -0.3 is 19.8 Å². The van der Waals surface area contributed by atoms with Gasteiger partial charge in [-0.3, -0.25) is 14.7 Å². The molecule has 0 aliphatic carbocycles. The Hall–Kier alpha value is -2.94. The quantitative estimate of drug-likeness (QED) is 0.500. The van der Waals surface area contributed by atoms with Crippen LogP contribution in [0.2, 0.25) is 0 Å². The first-order chi connectivity index (χ1) is 18.2. The van der Waals surface area contributed by atoms with Crippen LogP contribution < -0.4 is 0 Å². The molecule has 1 unspecified atom stereocenters. The van der Waals surface area contributed by atoms with Crippen molar-refractivity contribution in [2.45, 2.75) is 71.4 Å². The highest BCUT2D eigenvalue weighted by atomic mass is 19.4. The molecule has 40 heavy (non-hydrogen) atoms. The van der Waals surface area contributed by atoms with E-state index in [4.69, 9.17) is 24.5 Å². The molecule has 1 amide bonds. The summed E-state index contributed by atoms with van der Waals surface area (Å²) >= 11 is 0. The average molecular weight is 588 g/mol. The van der Waals surface area contributed by atoms with Gasteiger partial charge in [-0.25, -0.2) is 9.59 Å². The number of nitrogens with zero attached hydrogens (tertiary/aromatic N) is 3. The van der Waals surface area contributed by atoms with Gasteiger partial charge in [0, 0.05) is 55.8 Å². The van der Waals surface area contributed by atoms with Gasteiger partial charge in [0.2, 0.25) is 0 Å². The van der Waals surface area contributed by atoms with E-state index in [1.165, 1.54) is 6.42 Å². The molecule has 2 saturated heterocycles. The lowest BCUT2D eigenvalue weighted by Crippen LogP contribution is -2.44. The van der Waals surface area contributed by atoms with Crippen LogP contribution in [0.4, 0.5) is 26.3 Å². The Morgan fingerprint density at radius 2 is 1.43 bits per heavy atom. The van der Waals surface area contributed by atoms with Gasteiger partial charge in [-0.15, -0.1) is 0 Å². The molecule has 228 valence electrons. The van der Waals surface area contributed by atoms with Crippen LogP contribution in [0, 0.1) is 19.3 Å². The van der Waals surface area contributed by atoms with E-state index >= 15 is 0 Å². The van der Waals surface area contributed by atoms with Crippen molar-refractivity contribution in [3.63, 3.8) is 0 Å². The van der Waals surface area contributed by atoms with Crippen LogP contribution in [-0.2, 0) is 14.3 Å². The zero-order valence-corrected chi connectivity index (χ0v) is 22.9. The summed E-state index contributed by atoms with van der Waals surface area (Å²) in [5.41, 5.74) is 2.94. The Kier molecular flexibility index (Phi) is 12.4. The smallest absolute Gasteiger partial charge is 0.475 e. The molecule has 0 radical (unpaired) electrons. The number of rotatable bonds is 4. The van der Waals surface area contributed by atoms with E-state index < -0.39 is 24.3 Å². The number of ether oxygens (including phenoxy) is 1. The molecule has 2 fully saturated rings. The second kappa shape index (κ2) is 14.1. The molecule has 15 heteroatoms. The summed E-state index contributed by atoms with van der Waals surface area (Å²) in [6, 6.07) is 4.86. The SMILES string of the molecule is COCC1CC2(CCN(C(=O)c3cc(C)nc(C)c3)CC2)CN1C(C)C.O=C(O)C(F)(F)F.O=C(O)C(F)(F)F. The topological polar surface area (TPSA) is 120 Å². The summed E-state index contributed by atoms with van der Waals surface area (Å²) in [5, 5.41) is 14.2. The zero-order chi connectivity index (χ0) is 31.1. The van der Waals surface area contributed by atoms with Gasteiger partial charge in [0.1, 0.15) is 0 Å². The Bertz CT molecular complexity index is 979. The van der Waals surface area contributed by atoms with Gasteiger partial charge in [0.05, 0.1) is 6.61 Å². The van der Waals surface area contributed by atoms with Gasteiger partial charge in [0.15, 0.2) is 0 Å². The molecule has 3 heterocycles. The van der Waals surface area contributed by atoms with Gasteiger partial charge in [0.25, 0.3) is 5.91 Å². The largest absolute Gasteiger partial charge is 0.490 e. The van der Waals surface area contributed by atoms with Crippen molar-refractivity contribution in [2.24, 2.45) is 5.41 Å². The predicted molar refractivity (Wildman–Crippen MR) is 131 cm³/mol. The molecule has 1 spiro atoms. The van der Waals surface area contributed by atoms with E-state index in [0.717, 1.165) is 56.0 Å². The van der Waals surface area contributed by atoms with Crippen LogP contribution >= 0.6 is 0 Å². The maximum absolute atomic E-state index is 12.9. The first kappa shape index (κ1) is 35.1. The number of aromatic nitrogens is 1. The minimum absolute atomic E-state index is 0.153. The summed E-state index contributed by atoms with van der Waals surface area (Å²) in [6.07, 6.45) is -6.80. The summed E-state index contributed by atoms with van der Waals surface area (Å²) < 4.78 is 68.9. The van der Waals surface area contributed by atoms with E-state index in [1.807, 2.05) is 30.9 Å². The van der Waals surface area contributed by atoms with Gasteiger partial charge >= 0.3 is 24.3 Å². The molecule has 0 aromatic carbocycles. The number of halogens is 6. The Morgan fingerprint density at radius 1 is 1.00 bits per heavy atom. The summed E-state index contributed by atoms with van der Waals surface area (Å²) in [7, 11) is 1.80. The number of likely N-dealkylation sites (tertiary alicyclic amines) is 2. The maximum atomic E-state index is 12.9. The van der Waals surface area contributed by atoms with Crippen molar-refractivity contribution in [1.82, 2.24) is 14.8 Å². The molecular formula is C25H35F6N3O6. The summed E-state index contributed by atoms with van der Waals surface area (Å²) in [6.45, 7) is 12.1. The summed E-state index contributed by atoms with van der Waals surface area (Å²) in [4.78, 5) is 39.7. The fourth-order valence-corrected chi connectivity index (χ4v) is 4.84. The van der Waals surface area contributed by atoms with Gasteiger partial charge in [-0.2, -0.15) is 26.3 Å². The number of pyridine rings is 1. The Morgan fingerprint density at radius 3 is 1.77 bits per heavy atom. The van der Waals surface area contributed by atoms with E-state index in [-0.39, 0.29) is 5.91 Å². The van der Waals surface area contributed by atoms with E-state index in [1.54, 1.807) is 7.11 Å². The lowest BCUT2D eigenvalue weighted by molar-refractivity contribution is -0.193. The first-order valence-electron chi connectivity index (χ1n) is 12.3. The number of carboxylic acids is 2. The minimum atomic E-state index is -5.08. The first-order valence-corrected chi connectivity index (χ1v) is 12.3. The number of aliphatic carboxylic acids is 2. The average Bonchev–Trinajstić information content (AvgIpc) is 3.16. The fraction of sp³-hybridized carbons (Fsp3) is 0.680. The minimum Gasteiger partial charge on any atom is -0.475 e. The highest BCUT2D eigenvalue weighted by molar-refractivity contribution is 5.94. The highest BCUT2D eigenvalue weighted by Gasteiger charge is 2.46. The van der Waals surface area contributed by atoms with Crippen LogP contribution in [0.1, 0.15) is 54.9 Å². The van der Waals surface area contributed by atoms with Crippen molar-refractivity contribution < 1.29 is 55.7 Å². The third-order valence-corrected chi connectivity index (χ3v) is 6.60. The highest BCUT2D eigenvalue weighted by Crippen LogP contribution is 2.44. The number of hydrogen-bond acceptors (Lipinski definition) is 6. The number of alkyl halides is 6. The number of amides is 1. The van der Waals surface area contributed by atoms with Crippen molar-refractivity contribution in [2.75, 3.05) is 33.4 Å². The number of methoxy groups -OCH3 is 1. The van der Waals surface area contributed by atoms with Gasteiger partial charge in [-0.1, -0.05) is 0 Å². The number of aryl methyl sites for hydroxylation is 2. The molecule has 2 aliphatic heterocycles. The third kappa shape index (κ3) is 10.6. The van der Waals surface area contributed by atoms with Crippen LogP contribution in [0.15, 0.2) is 12.1 Å². The molecule has 3 rings (SSSR count). The number of piperidine rings is 1. The molecule has 0 bridgehead atoms. The third-order valence-electron chi connectivity index (χ3n) is 6.60. The second-order valence-electron chi connectivity index (χ2n) is 10.1. The number of carbonyl (C=O) groups is 3. The van der Waals surface area contributed by atoms with Crippen molar-refractivity contribution in [3.05, 3.63) is 29.1 Å². The predicted octanol–water partition coefficient (Wildman–Crippen LogP) is 4.32. The molecule has 1 aromatic rings. The van der Waals surface area contributed by atoms with Crippen LogP contribution in [0.25, 0.3) is 0 Å². The molecule has 1 atom stereocenters. The van der Waals surface area contributed by atoms with Crippen molar-refractivity contribution in [3.8, 4) is 0 Å². The normalized spacial score (nSPS) is 19.0. The van der Waals surface area contributed by atoms with Crippen molar-refractivity contribution >= 4 is 17.8 Å². The Balaban J connectivity index is 0.000000473. The van der Waals surface area contributed by atoms with Crippen LogP contribution in [0.5, 0.6) is 0 Å². The number of carboxylic acid groups (broad SMARTS) is 2. The van der Waals surface area contributed by atoms with E-state index in [0.29, 0.717) is 17.5 Å². The summed E-state index contributed by atoms with van der Waals surface area (Å²) in [5.74, 6) is -5.36. The fourth-order valence-electron chi connectivity index (χ4n) is 4.84.